The number of benzene rings is 2. The Labute approximate surface area is 212 Å². The minimum absolute atomic E-state index is 0.0613. The molecule has 7 heteroatoms. The van der Waals surface area contributed by atoms with Crippen LogP contribution in [0.4, 0.5) is 5.69 Å². The molecule has 0 aliphatic carbocycles. The summed E-state index contributed by atoms with van der Waals surface area (Å²) in [6.07, 6.45) is 4.98. The number of fused-ring (bicyclic) bond motifs is 1. The number of amides is 2. The molecule has 1 aliphatic rings. The van der Waals surface area contributed by atoms with E-state index >= 15 is 0 Å². The maximum absolute atomic E-state index is 13.4. The van der Waals surface area contributed by atoms with Gasteiger partial charge in [0.1, 0.15) is 6.54 Å². The number of hydrogen-bond acceptors (Lipinski definition) is 4. The van der Waals surface area contributed by atoms with Gasteiger partial charge in [0.05, 0.1) is 16.8 Å². The Bertz CT molecular complexity index is 1170. The second kappa shape index (κ2) is 11.3. The van der Waals surface area contributed by atoms with Crippen molar-refractivity contribution in [3.63, 3.8) is 0 Å². The summed E-state index contributed by atoms with van der Waals surface area (Å²) in [5.41, 5.74) is 4.98. The summed E-state index contributed by atoms with van der Waals surface area (Å²) in [5.74, 6) is 0.285. The largest absolute Gasteiger partial charge is 0.336 e. The lowest BCUT2D eigenvalue weighted by molar-refractivity contribution is -0.138. The van der Waals surface area contributed by atoms with Crippen molar-refractivity contribution in [3.05, 3.63) is 53.6 Å². The van der Waals surface area contributed by atoms with Gasteiger partial charge in [0.2, 0.25) is 11.8 Å². The molecule has 2 heterocycles. The van der Waals surface area contributed by atoms with Gasteiger partial charge in [0.15, 0.2) is 5.16 Å². The normalized spacial score (nSPS) is 18.1. The molecule has 1 N–H and O–H groups in total. The molecule has 0 unspecified atom stereocenters. The van der Waals surface area contributed by atoms with Crippen LogP contribution in [0.15, 0.2) is 47.6 Å². The van der Waals surface area contributed by atoms with Crippen molar-refractivity contribution in [1.82, 2.24) is 14.5 Å². The van der Waals surface area contributed by atoms with Gasteiger partial charge in [-0.2, -0.15) is 0 Å². The van der Waals surface area contributed by atoms with Crippen LogP contribution in [-0.4, -0.2) is 44.1 Å². The van der Waals surface area contributed by atoms with E-state index in [9.17, 15) is 9.59 Å². The number of imidazole rings is 1. The summed E-state index contributed by atoms with van der Waals surface area (Å²) in [5, 5.41) is 3.84. The second-order valence-electron chi connectivity index (χ2n) is 9.39. The predicted octanol–water partition coefficient (Wildman–Crippen LogP) is 5.68. The number of carbonyl (C=O) groups excluding carboxylic acids is 2. The Morgan fingerprint density at radius 2 is 1.66 bits per heavy atom. The fourth-order valence-electron chi connectivity index (χ4n) is 5.15. The molecule has 0 spiro atoms. The van der Waals surface area contributed by atoms with Crippen molar-refractivity contribution < 1.29 is 9.59 Å². The third kappa shape index (κ3) is 5.56. The first-order valence-electron chi connectivity index (χ1n) is 12.7. The van der Waals surface area contributed by atoms with Crippen LogP contribution in [0, 0.1) is 0 Å². The minimum atomic E-state index is -0.0613. The quantitative estimate of drug-likeness (QED) is 0.411. The van der Waals surface area contributed by atoms with Gasteiger partial charge in [-0.25, -0.2) is 4.98 Å². The number of rotatable bonds is 8. The van der Waals surface area contributed by atoms with Crippen LogP contribution < -0.4 is 5.32 Å². The number of anilines is 1. The highest BCUT2D eigenvalue weighted by molar-refractivity contribution is 7.99. The summed E-state index contributed by atoms with van der Waals surface area (Å²) < 4.78 is 1.97. The zero-order chi connectivity index (χ0) is 24.9. The average molecular weight is 493 g/mol. The molecule has 3 aromatic rings. The lowest BCUT2D eigenvalue weighted by Gasteiger charge is -2.39. The zero-order valence-corrected chi connectivity index (χ0v) is 22.0. The fourth-order valence-corrected chi connectivity index (χ4v) is 5.97. The van der Waals surface area contributed by atoms with Crippen molar-refractivity contribution in [2.75, 3.05) is 11.1 Å². The van der Waals surface area contributed by atoms with Crippen LogP contribution in [0.3, 0.4) is 0 Å². The van der Waals surface area contributed by atoms with Crippen molar-refractivity contribution in [2.45, 2.75) is 83.6 Å². The molecule has 0 radical (unpaired) electrons. The van der Waals surface area contributed by atoms with Gasteiger partial charge in [0.25, 0.3) is 0 Å². The number of aromatic nitrogens is 2. The van der Waals surface area contributed by atoms with E-state index in [1.54, 1.807) is 0 Å². The second-order valence-corrected chi connectivity index (χ2v) is 10.3. The maximum atomic E-state index is 13.4. The van der Waals surface area contributed by atoms with E-state index < -0.39 is 0 Å². The molecule has 2 atom stereocenters. The maximum Gasteiger partial charge on any atom is 0.243 e. The molecular weight excluding hydrogens is 456 g/mol. The number of piperidine rings is 1. The molecule has 1 aromatic heterocycles. The van der Waals surface area contributed by atoms with Gasteiger partial charge in [-0.05, 0) is 69.2 Å². The number of hydrogen-bond donors (Lipinski definition) is 1. The molecule has 1 aliphatic heterocycles. The molecule has 0 saturated carbocycles. The van der Waals surface area contributed by atoms with Crippen molar-refractivity contribution in [2.24, 2.45) is 0 Å². The Kier molecular flexibility index (Phi) is 8.16. The summed E-state index contributed by atoms with van der Waals surface area (Å²) >= 11 is 1.39. The molecule has 0 bridgehead atoms. The van der Waals surface area contributed by atoms with Gasteiger partial charge in [-0.15, -0.1) is 0 Å². The molecule has 2 aromatic carbocycles. The number of para-hydroxylation sites is 3. The Hall–Kier alpha value is -2.80. The Balaban J connectivity index is 1.53. The smallest absolute Gasteiger partial charge is 0.243 e. The highest BCUT2D eigenvalue weighted by Gasteiger charge is 2.29. The third-order valence-corrected chi connectivity index (χ3v) is 7.97. The monoisotopic (exact) mass is 492 g/mol. The minimum Gasteiger partial charge on any atom is -0.336 e. The van der Waals surface area contributed by atoms with Crippen molar-refractivity contribution in [1.29, 1.82) is 0 Å². The van der Waals surface area contributed by atoms with Crippen LogP contribution in [0.1, 0.15) is 58.1 Å². The zero-order valence-electron chi connectivity index (χ0n) is 21.2. The van der Waals surface area contributed by atoms with Crippen LogP contribution >= 0.6 is 11.8 Å². The third-order valence-electron chi connectivity index (χ3n) is 6.99. The van der Waals surface area contributed by atoms with Gasteiger partial charge >= 0.3 is 0 Å². The average Bonchev–Trinajstić information content (AvgIpc) is 3.20. The molecule has 1 fully saturated rings. The standard InChI is InChI=1S/C28H36N4O2S/c1-5-21-13-10-14-22(6-2)27(21)30-25(33)18-35-28-29-23-15-7-8-16-24(23)31(28)17-26(34)32-19(3)11-9-12-20(32)4/h7-8,10,13-16,19-20H,5-6,9,11-12,17-18H2,1-4H3,(H,30,33)/t19-,20-/m0/s1. The lowest BCUT2D eigenvalue weighted by Crippen LogP contribution is -2.48. The molecule has 4 rings (SSSR count). The van der Waals surface area contributed by atoms with Gasteiger partial charge < -0.3 is 14.8 Å². The first-order chi connectivity index (χ1) is 16.9. The first kappa shape index (κ1) is 25.3. The molecule has 35 heavy (non-hydrogen) atoms. The molecule has 6 nitrogen and oxygen atoms in total. The van der Waals surface area contributed by atoms with Crippen LogP contribution in [0.2, 0.25) is 0 Å². The van der Waals surface area contributed by atoms with Gasteiger partial charge in [-0.1, -0.05) is 55.9 Å². The van der Waals surface area contributed by atoms with Gasteiger partial charge in [-0.3, -0.25) is 9.59 Å². The number of likely N-dealkylation sites (tertiary alicyclic amines) is 1. The molecule has 1 saturated heterocycles. The summed E-state index contributed by atoms with van der Waals surface area (Å²) in [6, 6.07) is 14.5. The fraction of sp³-hybridized carbons (Fsp3) is 0.464. The number of nitrogens with one attached hydrogen (secondary N) is 1. The number of carbonyl (C=O) groups is 2. The van der Waals surface area contributed by atoms with E-state index in [0.29, 0.717) is 5.16 Å². The SMILES string of the molecule is CCc1cccc(CC)c1NC(=O)CSc1nc2ccccc2n1CC(=O)N1[C@@H](C)CCC[C@@H]1C. The van der Waals surface area contributed by atoms with E-state index in [0.717, 1.165) is 60.0 Å². The molecule has 186 valence electrons. The lowest BCUT2D eigenvalue weighted by atomic mass is 9.97. The highest BCUT2D eigenvalue weighted by atomic mass is 32.2. The van der Waals surface area contributed by atoms with Crippen LogP contribution in [0.5, 0.6) is 0 Å². The van der Waals surface area contributed by atoms with E-state index in [2.05, 4.69) is 45.1 Å². The number of thioether (sulfide) groups is 1. The summed E-state index contributed by atoms with van der Waals surface area (Å²) in [4.78, 5) is 33.2. The van der Waals surface area contributed by atoms with E-state index in [4.69, 9.17) is 4.98 Å². The predicted molar refractivity (Wildman–Crippen MR) is 144 cm³/mol. The van der Waals surface area contributed by atoms with Gasteiger partial charge in [0, 0.05) is 17.8 Å². The van der Waals surface area contributed by atoms with E-state index in [1.165, 1.54) is 11.8 Å². The number of nitrogens with zero attached hydrogens (tertiary/aromatic N) is 3. The number of aryl methyl sites for hydroxylation is 2. The van der Waals surface area contributed by atoms with Crippen molar-refractivity contribution >= 4 is 40.3 Å². The van der Waals surface area contributed by atoms with Crippen LogP contribution in [0.25, 0.3) is 11.0 Å². The summed E-state index contributed by atoms with van der Waals surface area (Å²) in [6.45, 7) is 8.71. The van der Waals surface area contributed by atoms with Crippen LogP contribution in [-0.2, 0) is 29.0 Å². The van der Waals surface area contributed by atoms with E-state index in [1.807, 2.05) is 39.8 Å². The molecular formula is C28H36N4O2S. The van der Waals surface area contributed by atoms with E-state index in [-0.39, 0.29) is 36.2 Å². The summed E-state index contributed by atoms with van der Waals surface area (Å²) in [7, 11) is 0. The first-order valence-corrected chi connectivity index (χ1v) is 13.7. The Morgan fingerprint density at radius 1 is 1.00 bits per heavy atom. The Morgan fingerprint density at radius 3 is 2.31 bits per heavy atom. The molecule has 2 amide bonds. The van der Waals surface area contributed by atoms with Crippen molar-refractivity contribution in [3.8, 4) is 0 Å². The topological polar surface area (TPSA) is 67.2 Å². The highest BCUT2D eigenvalue weighted by Crippen LogP contribution is 2.28.